The molecule has 1 aliphatic heterocycles. The molecule has 1 N–H and O–H groups in total. The minimum atomic E-state index is -4.07. The van der Waals surface area contributed by atoms with Crippen LogP contribution in [-0.2, 0) is 10.0 Å². The van der Waals surface area contributed by atoms with E-state index in [0.717, 1.165) is 0 Å². The van der Waals surface area contributed by atoms with Gasteiger partial charge in [0.1, 0.15) is 5.75 Å². The number of benzene rings is 2. The van der Waals surface area contributed by atoms with Gasteiger partial charge in [-0.1, -0.05) is 12.1 Å². The number of carbonyl (C=O) groups excluding carboxylic acids is 1. The van der Waals surface area contributed by atoms with Crippen LogP contribution in [0, 0.1) is 0 Å². The minimum absolute atomic E-state index is 0.0833. The third-order valence-corrected chi connectivity index (χ3v) is 4.94. The normalized spacial score (nSPS) is 13.6. The number of nitrogens with one attached hydrogen (secondary N) is 1. The molecular weight excluding hydrogens is 346 g/mol. The summed E-state index contributed by atoms with van der Waals surface area (Å²) in [5, 5.41) is 0. The Labute approximate surface area is 145 Å². The van der Waals surface area contributed by atoms with Crippen LogP contribution >= 0.6 is 0 Å². The molecule has 0 fully saturated rings. The van der Waals surface area contributed by atoms with Gasteiger partial charge in [-0.05, 0) is 24.3 Å². The lowest BCUT2D eigenvalue weighted by Gasteiger charge is -2.12. The summed E-state index contributed by atoms with van der Waals surface area (Å²) in [7, 11) is -2.66. The van der Waals surface area contributed by atoms with Crippen molar-refractivity contribution in [2.45, 2.75) is 11.3 Å². The lowest BCUT2D eigenvalue weighted by molar-refractivity contribution is 0.0978. The molecule has 2 aromatic carbocycles. The Morgan fingerprint density at radius 1 is 1.08 bits per heavy atom. The summed E-state index contributed by atoms with van der Waals surface area (Å²) in [4.78, 5) is 12.2. The lowest BCUT2D eigenvalue weighted by Crippen LogP contribution is -2.30. The van der Waals surface area contributed by atoms with E-state index in [2.05, 4.69) is 0 Å². The first-order valence-electron chi connectivity index (χ1n) is 7.61. The van der Waals surface area contributed by atoms with Gasteiger partial charge in [-0.25, -0.2) is 13.1 Å². The number of methoxy groups -OCH3 is 1. The molecule has 1 amide bonds. The van der Waals surface area contributed by atoms with Crippen molar-refractivity contribution < 1.29 is 27.4 Å². The van der Waals surface area contributed by atoms with E-state index in [1.807, 2.05) is 4.72 Å². The lowest BCUT2D eigenvalue weighted by atomic mass is 10.2. The van der Waals surface area contributed by atoms with Gasteiger partial charge in [0.25, 0.3) is 15.9 Å². The standard InChI is InChI=1S/C17H17NO6S/c1-22-14-6-3-2-5-13(14)17(19)18-25(20,21)12-7-8-15-16(11-12)24-10-4-9-23-15/h2-3,5-8,11H,4,9-10H2,1H3,(H,18,19). The minimum Gasteiger partial charge on any atom is -0.496 e. The second kappa shape index (κ2) is 7.02. The molecule has 8 heteroatoms. The first-order chi connectivity index (χ1) is 12.0. The number of rotatable bonds is 4. The topological polar surface area (TPSA) is 90.9 Å². The van der Waals surface area contributed by atoms with Crippen LogP contribution in [0.1, 0.15) is 16.8 Å². The fourth-order valence-electron chi connectivity index (χ4n) is 2.38. The van der Waals surface area contributed by atoms with Crippen LogP contribution in [0.2, 0.25) is 0 Å². The number of sulfonamides is 1. The molecule has 1 heterocycles. The van der Waals surface area contributed by atoms with E-state index >= 15 is 0 Å². The van der Waals surface area contributed by atoms with Crippen molar-refractivity contribution in [2.24, 2.45) is 0 Å². The van der Waals surface area contributed by atoms with Gasteiger partial charge < -0.3 is 14.2 Å². The third kappa shape index (κ3) is 3.69. The number of hydrogen-bond acceptors (Lipinski definition) is 6. The van der Waals surface area contributed by atoms with Crippen LogP contribution in [0.3, 0.4) is 0 Å². The van der Waals surface area contributed by atoms with Crippen molar-refractivity contribution >= 4 is 15.9 Å². The van der Waals surface area contributed by atoms with Gasteiger partial charge in [0.05, 0.1) is 30.8 Å². The van der Waals surface area contributed by atoms with Crippen LogP contribution in [0.4, 0.5) is 0 Å². The van der Waals surface area contributed by atoms with E-state index in [9.17, 15) is 13.2 Å². The summed E-state index contributed by atoms with van der Waals surface area (Å²) in [5.41, 5.74) is 0.128. The monoisotopic (exact) mass is 363 g/mol. The van der Waals surface area contributed by atoms with Gasteiger partial charge in [0, 0.05) is 12.5 Å². The Morgan fingerprint density at radius 3 is 2.56 bits per heavy atom. The highest BCUT2D eigenvalue weighted by Crippen LogP contribution is 2.32. The van der Waals surface area contributed by atoms with Crippen molar-refractivity contribution in [3.05, 3.63) is 48.0 Å². The Morgan fingerprint density at radius 2 is 1.80 bits per heavy atom. The first kappa shape index (κ1) is 17.1. The first-order valence-corrected chi connectivity index (χ1v) is 9.09. The Bertz CT molecular complexity index is 894. The molecule has 3 rings (SSSR count). The van der Waals surface area contributed by atoms with E-state index in [1.54, 1.807) is 18.2 Å². The van der Waals surface area contributed by atoms with Crippen LogP contribution in [-0.4, -0.2) is 34.6 Å². The van der Waals surface area contributed by atoms with Gasteiger partial charge in [-0.2, -0.15) is 0 Å². The van der Waals surface area contributed by atoms with E-state index in [-0.39, 0.29) is 16.2 Å². The molecule has 0 saturated carbocycles. The summed E-state index contributed by atoms with van der Waals surface area (Å²) in [6.07, 6.45) is 0.710. The number of amides is 1. The molecule has 0 aromatic heterocycles. The van der Waals surface area contributed by atoms with E-state index in [4.69, 9.17) is 14.2 Å². The maximum atomic E-state index is 12.5. The van der Waals surface area contributed by atoms with Gasteiger partial charge in [0.2, 0.25) is 0 Å². The van der Waals surface area contributed by atoms with Crippen molar-refractivity contribution in [3.8, 4) is 17.2 Å². The highest BCUT2D eigenvalue weighted by molar-refractivity contribution is 7.90. The maximum absolute atomic E-state index is 12.5. The van der Waals surface area contributed by atoms with Crippen LogP contribution in [0.15, 0.2) is 47.4 Å². The largest absolute Gasteiger partial charge is 0.496 e. The van der Waals surface area contributed by atoms with Crippen molar-refractivity contribution in [1.29, 1.82) is 0 Å². The third-order valence-electron chi connectivity index (χ3n) is 3.61. The van der Waals surface area contributed by atoms with Crippen LogP contribution < -0.4 is 18.9 Å². The second-order valence-corrected chi connectivity index (χ2v) is 6.98. The van der Waals surface area contributed by atoms with E-state index < -0.39 is 15.9 Å². The highest BCUT2D eigenvalue weighted by Gasteiger charge is 2.23. The van der Waals surface area contributed by atoms with Gasteiger partial charge in [-0.3, -0.25) is 4.79 Å². The number of ether oxygens (including phenoxy) is 3. The molecule has 0 aliphatic carbocycles. The molecule has 132 valence electrons. The molecule has 0 saturated heterocycles. The SMILES string of the molecule is COc1ccccc1C(=O)NS(=O)(=O)c1ccc2c(c1)OCCCO2. The van der Waals surface area contributed by atoms with E-state index in [1.165, 1.54) is 31.4 Å². The Balaban J connectivity index is 1.87. The fourth-order valence-corrected chi connectivity index (χ4v) is 3.36. The summed E-state index contributed by atoms with van der Waals surface area (Å²) in [6.45, 7) is 0.938. The van der Waals surface area contributed by atoms with Crippen LogP contribution in [0.5, 0.6) is 17.2 Å². The molecule has 0 bridgehead atoms. The molecule has 1 aliphatic rings. The smallest absolute Gasteiger partial charge is 0.268 e. The zero-order valence-electron chi connectivity index (χ0n) is 13.5. The number of hydrogen-bond donors (Lipinski definition) is 1. The van der Waals surface area contributed by atoms with Gasteiger partial charge in [-0.15, -0.1) is 0 Å². The molecule has 25 heavy (non-hydrogen) atoms. The quantitative estimate of drug-likeness (QED) is 0.893. The summed E-state index contributed by atoms with van der Waals surface area (Å²) in [6, 6.07) is 10.6. The molecule has 0 unspecified atom stereocenters. The predicted molar refractivity (Wildman–Crippen MR) is 89.7 cm³/mol. The molecular formula is C17H17NO6S. The molecule has 0 spiro atoms. The predicted octanol–water partition coefficient (Wildman–Crippen LogP) is 1.98. The van der Waals surface area contributed by atoms with Crippen LogP contribution in [0.25, 0.3) is 0 Å². The Kier molecular flexibility index (Phi) is 4.80. The number of fused-ring (bicyclic) bond motifs is 1. The molecule has 0 atom stereocenters. The second-order valence-electron chi connectivity index (χ2n) is 5.29. The zero-order chi connectivity index (χ0) is 17.9. The number of carbonyl (C=O) groups is 1. The van der Waals surface area contributed by atoms with Crippen molar-refractivity contribution in [2.75, 3.05) is 20.3 Å². The van der Waals surface area contributed by atoms with Crippen molar-refractivity contribution in [3.63, 3.8) is 0 Å². The fraction of sp³-hybridized carbons (Fsp3) is 0.235. The Hall–Kier alpha value is -2.74. The summed E-state index contributed by atoms with van der Waals surface area (Å²) >= 11 is 0. The van der Waals surface area contributed by atoms with Gasteiger partial charge in [0.15, 0.2) is 11.5 Å². The highest BCUT2D eigenvalue weighted by atomic mass is 32.2. The average Bonchev–Trinajstić information content (AvgIpc) is 2.86. The average molecular weight is 363 g/mol. The number of para-hydroxylation sites is 1. The van der Waals surface area contributed by atoms with Crippen molar-refractivity contribution in [1.82, 2.24) is 4.72 Å². The summed E-state index contributed by atoms with van der Waals surface area (Å²) in [5.74, 6) is 0.330. The molecule has 0 radical (unpaired) electrons. The zero-order valence-corrected chi connectivity index (χ0v) is 14.3. The maximum Gasteiger partial charge on any atom is 0.268 e. The molecule has 2 aromatic rings. The van der Waals surface area contributed by atoms with E-state index in [0.29, 0.717) is 31.1 Å². The van der Waals surface area contributed by atoms with Gasteiger partial charge >= 0.3 is 0 Å². The molecule has 7 nitrogen and oxygen atoms in total. The summed E-state index contributed by atoms with van der Waals surface area (Å²) < 4.78 is 43.1.